The van der Waals surface area contributed by atoms with E-state index in [2.05, 4.69) is 4.90 Å². The van der Waals surface area contributed by atoms with Crippen molar-refractivity contribution in [1.82, 2.24) is 4.90 Å². The zero-order valence-electron chi connectivity index (χ0n) is 10.2. The summed E-state index contributed by atoms with van der Waals surface area (Å²) >= 11 is 5.49. The first kappa shape index (κ1) is 13.5. The Balaban J connectivity index is 2.54. The lowest BCUT2D eigenvalue weighted by Gasteiger charge is -2.26. The standard InChI is InChI=1S/C12H20ClNO2/c1-12(2,3)16-11(15)10-6-4-8-14(10)9-5-7-13/h5,7,10H,4,6,8-9H2,1-3H3/b7-5+/t10-/m1/s1. The summed E-state index contributed by atoms with van der Waals surface area (Å²) in [6.45, 7) is 7.33. The Hall–Kier alpha value is -0.540. The van der Waals surface area contributed by atoms with Gasteiger partial charge in [0.15, 0.2) is 0 Å². The maximum absolute atomic E-state index is 11.9. The molecule has 0 radical (unpaired) electrons. The maximum Gasteiger partial charge on any atom is 0.323 e. The molecule has 0 bridgehead atoms. The Morgan fingerprint density at radius 3 is 2.81 bits per heavy atom. The van der Waals surface area contributed by atoms with Crippen molar-refractivity contribution in [3.05, 3.63) is 11.6 Å². The zero-order chi connectivity index (χ0) is 12.2. The Kier molecular flexibility index (Phi) is 4.81. The number of halogens is 1. The smallest absolute Gasteiger partial charge is 0.323 e. The molecule has 0 spiro atoms. The van der Waals surface area contributed by atoms with Gasteiger partial charge in [-0.05, 0) is 40.2 Å². The number of hydrogen-bond donors (Lipinski definition) is 0. The van der Waals surface area contributed by atoms with Crippen molar-refractivity contribution in [2.24, 2.45) is 0 Å². The van der Waals surface area contributed by atoms with Crippen molar-refractivity contribution < 1.29 is 9.53 Å². The van der Waals surface area contributed by atoms with Crippen LogP contribution < -0.4 is 0 Å². The van der Waals surface area contributed by atoms with Gasteiger partial charge in [0, 0.05) is 12.1 Å². The fraction of sp³-hybridized carbons (Fsp3) is 0.750. The fourth-order valence-corrected chi connectivity index (χ4v) is 1.94. The first-order valence-electron chi connectivity index (χ1n) is 5.66. The van der Waals surface area contributed by atoms with Gasteiger partial charge in [0.2, 0.25) is 0 Å². The number of esters is 1. The molecule has 0 amide bonds. The van der Waals surface area contributed by atoms with Crippen molar-refractivity contribution in [2.45, 2.75) is 45.3 Å². The molecule has 4 heteroatoms. The van der Waals surface area contributed by atoms with Crippen LogP contribution >= 0.6 is 11.6 Å². The Labute approximate surface area is 102 Å². The van der Waals surface area contributed by atoms with E-state index in [9.17, 15) is 4.79 Å². The molecule has 0 aromatic rings. The van der Waals surface area contributed by atoms with Gasteiger partial charge in [-0.2, -0.15) is 0 Å². The van der Waals surface area contributed by atoms with E-state index >= 15 is 0 Å². The SMILES string of the molecule is CC(C)(C)OC(=O)[C@H]1CCCN1C/C=C/Cl. The number of likely N-dealkylation sites (tertiary alicyclic amines) is 1. The molecule has 16 heavy (non-hydrogen) atoms. The van der Waals surface area contributed by atoms with E-state index in [1.54, 1.807) is 0 Å². The summed E-state index contributed by atoms with van der Waals surface area (Å²) in [7, 11) is 0. The van der Waals surface area contributed by atoms with Gasteiger partial charge in [-0.15, -0.1) is 0 Å². The third kappa shape index (κ3) is 4.14. The molecule has 0 aliphatic carbocycles. The van der Waals surface area contributed by atoms with Gasteiger partial charge in [-0.3, -0.25) is 9.69 Å². The van der Waals surface area contributed by atoms with E-state index in [4.69, 9.17) is 16.3 Å². The molecule has 3 nitrogen and oxygen atoms in total. The summed E-state index contributed by atoms with van der Waals surface area (Å²) in [6, 6.07) is -0.105. The minimum absolute atomic E-state index is 0.105. The quantitative estimate of drug-likeness (QED) is 0.716. The molecule has 1 atom stereocenters. The molecule has 1 aliphatic rings. The maximum atomic E-state index is 11.9. The third-order valence-electron chi connectivity index (χ3n) is 2.47. The van der Waals surface area contributed by atoms with Gasteiger partial charge in [0.25, 0.3) is 0 Å². The highest BCUT2D eigenvalue weighted by Gasteiger charge is 2.33. The van der Waals surface area contributed by atoms with Gasteiger partial charge in [0.05, 0.1) is 0 Å². The predicted octanol–water partition coefficient (Wildman–Crippen LogP) is 2.55. The average Bonchev–Trinajstić information content (AvgIpc) is 2.59. The molecule has 0 N–H and O–H groups in total. The average molecular weight is 246 g/mol. The van der Waals surface area contributed by atoms with Crippen LogP contribution in [0.25, 0.3) is 0 Å². The molecular weight excluding hydrogens is 226 g/mol. The normalized spacial score (nSPS) is 22.9. The first-order chi connectivity index (χ1) is 7.44. The Morgan fingerprint density at radius 1 is 1.56 bits per heavy atom. The summed E-state index contributed by atoms with van der Waals surface area (Å²) in [5.74, 6) is -0.118. The van der Waals surface area contributed by atoms with Gasteiger partial charge in [-0.25, -0.2) is 0 Å². The summed E-state index contributed by atoms with van der Waals surface area (Å²) in [4.78, 5) is 14.0. The van der Waals surface area contributed by atoms with Crippen molar-refractivity contribution in [3.63, 3.8) is 0 Å². The number of nitrogens with zero attached hydrogens (tertiary/aromatic N) is 1. The van der Waals surface area contributed by atoms with Gasteiger partial charge in [-0.1, -0.05) is 17.7 Å². The molecule has 0 aromatic heterocycles. The molecular formula is C12H20ClNO2. The lowest BCUT2D eigenvalue weighted by atomic mass is 10.1. The second-order valence-electron chi connectivity index (χ2n) is 5.05. The fourth-order valence-electron chi connectivity index (χ4n) is 1.86. The second-order valence-corrected chi connectivity index (χ2v) is 5.30. The number of carbonyl (C=O) groups is 1. The van der Waals surface area contributed by atoms with E-state index in [-0.39, 0.29) is 12.0 Å². The van der Waals surface area contributed by atoms with Gasteiger partial charge >= 0.3 is 5.97 Å². The monoisotopic (exact) mass is 245 g/mol. The summed E-state index contributed by atoms with van der Waals surface area (Å²) < 4.78 is 5.39. The topological polar surface area (TPSA) is 29.5 Å². The van der Waals surface area contributed by atoms with Crippen molar-refractivity contribution >= 4 is 17.6 Å². The number of hydrogen-bond acceptors (Lipinski definition) is 3. The molecule has 1 aliphatic heterocycles. The van der Waals surface area contributed by atoms with Crippen LogP contribution in [-0.4, -0.2) is 35.6 Å². The molecule has 0 unspecified atom stereocenters. The van der Waals surface area contributed by atoms with Gasteiger partial charge < -0.3 is 4.74 Å². The third-order valence-corrected chi connectivity index (χ3v) is 2.65. The number of carbonyl (C=O) groups excluding carboxylic acids is 1. The largest absolute Gasteiger partial charge is 0.459 e. The predicted molar refractivity (Wildman–Crippen MR) is 65.4 cm³/mol. The number of rotatable bonds is 3. The Bertz CT molecular complexity index is 271. The highest BCUT2D eigenvalue weighted by molar-refractivity contribution is 6.25. The first-order valence-corrected chi connectivity index (χ1v) is 6.10. The van der Waals surface area contributed by atoms with Crippen molar-refractivity contribution in [2.75, 3.05) is 13.1 Å². The van der Waals surface area contributed by atoms with Crippen LogP contribution in [0.4, 0.5) is 0 Å². The summed E-state index contributed by atoms with van der Waals surface area (Å²) in [5, 5.41) is 0. The van der Waals surface area contributed by atoms with E-state index < -0.39 is 5.60 Å². The lowest BCUT2D eigenvalue weighted by Crippen LogP contribution is -2.40. The van der Waals surface area contributed by atoms with Crippen LogP contribution in [0.1, 0.15) is 33.6 Å². The van der Waals surface area contributed by atoms with Gasteiger partial charge in [0.1, 0.15) is 11.6 Å². The second kappa shape index (κ2) is 5.69. The highest BCUT2D eigenvalue weighted by atomic mass is 35.5. The zero-order valence-corrected chi connectivity index (χ0v) is 11.0. The molecule has 0 saturated carbocycles. The Morgan fingerprint density at radius 2 is 2.25 bits per heavy atom. The van der Waals surface area contributed by atoms with E-state index in [0.29, 0.717) is 6.54 Å². The van der Waals surface area contributed by atoms with Crippen LogP contribution in [0.2, 0.25) is 0 Å². The van der Waals surface area contributed by atoms with Crippen LogP contribution in [0, 0.1) is 0 Å². The molecule has 1 rings (SSSR count). The number of ether oxygens (including phenoxy) is 1. The molecule has 1 saturated heterocycles. The molecule has 0 aromatic carbocycles. The summed E-state index contributed by atoms with van der Waals surface area (Å²) in [5.41, 5.74) is 1.08. The van der Waals surface area contributed by atoms with Crippen LogP contribution in [0.15, 0.2) is 11.6 Å². The van der Waals surface area contributed by atoms with Crippen LogP contribution in [0.5, 0.6) is 0 Å². The van der Waals surface area contributed by atoms with E-state index in [0.717, 1.165) is 19.4 Å². The minimum atomic E-state index is -0.409. The lowest BCUT2D eigenvalue weighted by molar-refractivity contribution is -0.160. The summed E-state index contributed by atoms with van der Waals surface area (Å²) in [6.07, 6.45) is 3.77. The van der Waals surface area contributed by atoms with Crippen molar-refractivity contribution in [3.8, 4) is 0 Å². The van der Waals surface area contributed by atoms with E-state index in [1.807, 2.05) is 26.8 Å². The van der Waals surface area contributed by atoms with E-state index in [1.165, 1.54) is 5.54 Å². The molecule has 92 valence electrons. The van der Waals surface area contributed by atoms with Crippen molar-refractivity contribution in [1.29, 1.82) is 0 Å². The molecule has 1 heterocycles. The highest BCUT2D eigenvalue weighted by Crippen LogP contribution is 2.20. The molecule has 1 fully saturated rings. The van der Waals surface area contributed by atoms with Crippen LogP contribution in [0.3, 0.4) is 0 Å². The van der Waals surface area contributed by atoms with Crippen LogP contribution in [-0.2, 0) is 9.53 Å². The minimum Gasteiger partial charge on any atom is -0.459 e.